The zero-order valence-corrected chi connectivity index (χ0v) is 10.6. The third kappa shape index (κ3) is 31.7. The van der Waals surface area contributed by atoms with Gasteiger partial charge in [0.2, 0.25) is 0 Å². The van der Waals surface area contributed by atoms with E-state index >= 15 is 0 Å². The zero-order valence-electron chi connectivity index (χ0n) is 2.75. The van der Waals surface area contributed by atoms with Crippen molar-refractivity contribution >= 4 is 24.4 Å². The Hall–Kier alpha value is 2.48. The second-order valence-corrected chi connectivity index (χ2v) is 0. The molecule has 0 aliphatic carbocycles. The Morgan fingerprint density at radius 3 is 0.833 bits per heavy atom. The second-order valence-electron chi connectivity index (χ2n) is 0. The molecule has 6 heteroatoms. The Morgan fingerprint density at radius 2 is 0.833 bits per heavy atom. The van der Waals surface area contributed by atoms with Crippen LogP contribution in [0.2, 0.25) is 0 Å². The molecule has 0 aromatic rings. The van der Waals surface area contributed by atoms with Gasteiger partial charge >= 0.3 is 46.1 Å². The molecule has 0 aromatic carbocycles. The summed E-state index contributed by atoms with van der Waals surface area (Å²) in [6.07, 6.45) is 0. The molecule has 0 radical (unpaired) electrons. The van der Waals surface area contributed by atoms with Crippen LogP contribution in [0.5, 0.6) is 0 Å². The maximum atomic E-state index is 0. The first-order valence-electron chi connectivity index (χ1n) is 0. The Morgan fingerprint density at radius 1 is 0.833 bits per heavy atom. The van der Waals surface area contributed by atoms with Gasteiger partial charge in [-0.2, -0.15) is 0 Å². The van der Waals surface area contributed by atoms with Crippen LogP contribution in [0.1, 0.15) is 0 Å². The molecule has 0 spiro atoms. The van der Waals surface area contributed by atoms with Gasteiger partial charge in [-0.1, -0.05) is 0 Å². The van der Waals surface area contributed by atoms with Gasteiger partial charge in [-0.25, -0.2) is 0 Å². The molecule has 0 rings (SSSR count). The average molecular weight is 315 g/mol. The standard InChI is InChI=1S/Cr.Ni.2O.Sb.Ti.3H/q;;2*-2;;+4;;;. The Labute approximate surface area is 89.8 Å². The predicted molar refractivity (Wildman–Crippen MR) is 11.3 cm³/mol. The van der Waals surface area contributed by atoms with E-state index in [1.54, 1.807) is 0 Å². The van der Waals surface area contributed by atoms with Crippen molar-refractivity contribution in [2.75, 3.05) is 0 Å². The molecule has 6 heavy (non-hydrogen) atoms. The molecule has 0 amide bonds. The van der Waals surface area contributed by atoms with Crippen LogP contribution in [0, 0.1) is 0 Å². The second kappa shape index (κ2) is 51.1. The van der Waals surface area contributed by atoms with Crippen molar-refractivity contribution in [3.63, 3.8) is 0 Å². The van der Waals surface area contributed by atoms with Gasteiger partial charge in [0.1, 0.15) is 0 Å². The summed E-state index contributed by atoms with van der Waals surface area (Å²) < 4.78 is 0. The Balaban J connectivity index is 0. The smallest absolute Gasteiger partial charge is 4.00 e. The van der Waals surface area contributed by atoms with Gasteiger partial charge in [0, 0.05) is 33.9 Å². The summed E-state index contributed by atoms with van der Waals surface area (Å²) in [6.45, 7) is 0. The molecular weight excluding hydrogens is 312 g/mol. The maximum Gasteiger partial charge on any atom is 4.00 e. The van der Waals surface area contributed by atoms with Gasteiger partial charge in [-0.15, -0.1) is 0 Å². The molecule has 0 fully saturated rings. The fourth-order valence-electron chi connectivity index (χ4n) is 0. The van der Waals surface area contributed by atoms with E-state index in [0.717, 1.165) is 0 Å². The monoisotopic (exact) mass is 314 g/mol. The summed E-state index contributed by atoms with van der Waals surface area (Å²) in [7, 11) is 0. The van der Waals surface area contributed by atoms with Crippen molar-refractivity contribution in [2.45, 2.75) is 0 Å². The minimum absolute atomic E-state index is 0. The van der Waals surface area contributed by atoms with Gasteiger partial charge in [0.15, 0.2) is 0 Å². The molecule has 0 bridgehead atoms. The molecular formula is H3CrNiO2SbTi. The number of rotatable bonds is 0. The van der Waals surface area contributed by atoms with E-state index in [-0.39, 0.29) is 91.0 Å². The van der Waals surface area contributed by atoms with Gasteiger partial charge in [0.05, 0.1) is 0 Å². The summed E-state index contributed by atoms with van der Waals surface area (Å²) in [5.41, 5.74) is 0. The van der Waals surface area contributed by atoms with Crippen LogP contribution in [0.4, 0.5) is 0 Å². The molecule has 0 aromatic heterocycles. The summed E-state index contributed by atoms with van der Waals surface area (Å²) in [5, 5.41) is 0. The van der Waals surface area contributed by atoms with Gasteiger partial charge in [0.25, 0.3) is 0 Å². The molecule has 2 nitrogen and oxygen atoms in total. The normalized spacial score (nSPS) is 0. The minimum Gasteiger partial charge on any atom is 4.00 e. The maximum absolute atomic E-state index is 0. The predicted octanol–water partition coefficient (Wildman–Crippen LogP) is -1.43. The van der Waals surface area contributed by atoms with Crippen molar-refractivity contribution in [3.8, 4) is 0 Å². The van der Waals surface area contributed by atoms with E-state index in [1.807, 2.05) is 0 Å². The summed E-state index contributed by atoms with van der Waals surface area (Å²) >= 11 is 0. The molecule has 0 N–H and O–H groups in total. The van der Waals surface area contributed by atoms with Crippen LogP contribution in [0.15, 0.2) is 0 Å². The molecule has 0 unspecified atom stereocenters. The van der Waals surface area contributed by atoms with E-state index < -0.39 is 0 Å². The molecule has 0 aliphatic rings. The van der Waals surface area contributed by atoms with Crippen molar-refractivity contribution in [1.82, 2.24) is 0 Å². The van der Waals surface area contributed by atoms with E-state index in [2.05, 4.69) is 0 Å². The number of hydrogen-bond acceptors (Lipinski definition) is 0. The largest absolute Gasteiger partial charge is 4.00 e. The Kier molecular flexibility index (Phi) is 657. The van der Waals surface area contributed by atoms with E-state index in [1.165, 1.54) is 0 Å². The fraction of sp³-hybridized carbons (Fsp3) is 0. The van der Waals surface area contributed by atoms with Gasteiger partial charge < -0.3 is 11.0 Å². The van der Waals surface area contributed by atoms with Gasteiger partial charge in [-0.05, 0) is 0 Å². The van der Waals surface area contributed by atoms with Crippen LogP contribution in [-0.2, 0) is 66.5 Å². The first-order valence-corrected chi connectivity index (χ1v) is 0. The minimum atomic E-state index is 0. The molecule has 40 valence electrons. The third-order valence-electron chi connectivity index (χ3n) is 0. The van der Waals surface area contributed by atoms with Crippen molar-refractivity contribution in [1.29, 1.82) is 0 Å². The number of hydrogen-bond donors (Lipinski definition) is 0. The first-order chi connectivity index (χ1) is 0. The van der Waals surface area contributed by atoms with Crippen LogP contribution >= 0.6 is 0 Å². The SMILES string of the molecule is [Cr].[Ni].[O-2].[O-2].[SbH3].[Ti+4]. The third-order valence-corrected chi connectivity index (χ3v) is 0. The van der Waals surface area contributed by atoms with E-state index in [4.69, 9.17) is 0 Å². The molecule has 0 aliphatic heterocycles. The Bertz CT molecular complexity index is 13.5. The van der Waals surface area contributed by atoms with Crippen LogP contribution < -0.4 is 0 Å². The van der Waals surface area contributed by atoms with Crippen molar-refractivity contribution < 1.29 is 66.5 Å². The summed E-state index contributed by atoms with van der Waals surface area (Å²) in [4.78, 5) is 0. The molecule has 0 saturated carbocycles. The van der Waals surface area contributed by atoms with Crippen molar-refractivity contribution in [2.24, 2.45) is 0 Å². The topological polar surface area (TPSA) is 57.0 Å². The quantitative estimate of drug-likeness (QED) is 0.492. The summed E-state index contributed by atoms with van der Waals surface area (Å²) in [5.74, 6) is 0. The first kappa shape index (κ1) is 77.2. The fourth-order valence-corrected chi connectivity index (χ4v) is 0. The van der Waals surface area contributed by atoms with Crippen molar-refractivity contribution in [3.05, 3.63) is 0 Å². The molecule has 0 heterocycles. The molecule has 0 saturated heterocycles. The van der Waals surface area contributed by atoms with E-state index in [9.17, 15) is 0 Å². The summed E-state index contributed by atoms with van der Waals surface area (Å²) in [6, 6.07) is 0. The molecule has 0 atom stereocenters. The van der Waals surface area contributed by atoms with E-state index in [0.29, 0.717) is 0 Å². The van der Waals surface area contributed by atoms with Crippen LogP contribution in [-0.4, -0.2) is 24.4 Å². The van der Waals surface area contributed by atoms with Crippen LogP contribution in [0.3, 0.4) is 0 Å². The van der Waals surface area contributed by atoms with Gasteiger partial charge in [-0.3, -0.25) is 0 Å². The van der Waals surface area contributed by atoms with Crippen LogP contribution in [0.25, 0.3) is 0 Å². The average Bonchev–Trinajstić information content (AvgIpc) is 0. The zero-order chi connectivity index (χ0) is 0.